The van der Waals surface area contributed by atoms with Gasteiger partial charge in [0, 0.05) is 18.6 Å². The second-order valence-electron chi connectivity index (χ2n) is 5.28. The van der Waals surface area contributed by atoms with Crippen LogP contribution in [0.5, 0.6) is 0 Å². The lowest BCUT2D eigenvalue weighted by Gasteiger charge is -2.54. The zero-order valence-corrected chi connectivity index (χ0v) is 14.0. The summed E-state index contributed by atoms with van der Waals surface area (Å²) in [5, 5.41) is 11.2. The number of amides is 1. The molecular weight excluding hydrogens is 358 g/mol. The van der Waals surface area contributed by atoms with Crippen LogP contribution in [-0.2, 0) is 16.6 Å². The van der Waals surface area contributed by atoms with Crippen LogP contribution in [-0.4, -0.2) is 59.1 Å². The predicted molar refractivity (Wildman–Crippen MR) is 86.6 cm³/mol. The summed E-state index contributed by atoms with van der Waals surface area (Å²) in [6.07, 6.45) is 1.47. The molecule has 24 heavy (non-hydrogen) atoms. The van der Waals surface area contributed by atoms with E-state index < -0.39 is 33.9 Å². The molecule has 3 rings (SSSR count). The van der Waals surface area contributed by atoms with Crippen LogP contribution in [0.2, 0.25) is 0 Å². The van der Waals surface area contributed by atoms with Gasteiger partial charge in [-0.2, -0.15) is 4.98 Å². The number of nitrogens with zero attached hydrogens (tertiary/aromatic N) is 3. The third kappa shape index (κ3) is 2.46. The fraction of sp³-hybridized carbons (Fsp3) is 0.417. The molecule has 12 heteroatoms. The van der Waals surface area contributed by atoms with Crippen molar-refractivity contribution in [2.24, 2.45) is 12.8 Å². The lowest BCUT2D eigenvalue weighted by molar-refractivity contribution is -0.153. The highest BCUT2D eigenvalue weighted by atomic mass is 32.2. The summed E-state index contributed by atoms with van der Waals surface area (Å²) in [6.45, 7) is 0. The number of hydrogen-bond donors (Lipinski definition) is 3. The number of aryl methyl sites for hydroxylation is 1. The van der Waals surface area contributed by atoms with Crippen molar-refractivity contribution in [3.05, 3.63) is 32.5 Å². The van der Waals surface area contributed by atoms with E-state index in [-0.39, 0.29) is 16.6 Å². The summed E-state index contributed by atoms with van der Waals surface area (Å²) < 4.78 is 1.27. The quantitative estimate of drug-likeness (QED) is 0.314. The molecule has 1 unspecified atom stereocenters. The number of carboxylic acids is 1. The third-order valence-corrected chi connectivity index (χ3v) is 6.24. The van der Waals surface area contributed by atoms with Gasteiger partial charge in [-0.3, -0.25) is 29.1 Å². The fourth-order valence-corrected chi connectivity index (χ4v) is 4.89. The number of nitrogens with two attached hydrogens (primary N) is 1. The third-order valence-electron chi connectivity index (χ3n) is 3.69. The Morgan fingerprint density at radius 2 is 2.29 bits per heavy atom. The molecule has 1 saturated heterocycles. The second kappa shape index (κ2) is 5.79. The monoisotopic (exact) mass is 371 g/mol. The number of hydrogen-bond acceptors (Lipinski definition) is 8. The van der Waals surface area contributed by atoms with Crippen LogP contribution >= 0.6 is 23.5 Å². The maximum absolute atomic E-state index is 12.4. The number of fused-ring (bicyclic) bond motifs is 1. The molecule has 1 aromatic heterocycles. The minimum absolute atomic E-state index is 0.0654. The number of rotatable bonds is 4. The first-order valence-corrected chi connectivity index (χ1v) is 8.77. The molecule has 3 heterocycles. The Balaban J connectivity index is 1.80. The molecule has 0 aromatic carbocycles. The summed E-state index contributed by atoms with van der Waals surface area (Å²) in [7, 11) is 1.51. The number of nitrogens with one attached hydrogen (secondary N) is 1. The van der Waals surface area contributed by atoms with Crippen molar-refractivity contribution >= 4 is 35.4 Å². The first kappa shape index (κ1) is 16.8. The highest BCUT2D eigenvalue weighted by molar-refractivity contribution is 8.01. The molecule has 0 radical (unpaired) electrons. The Bertz CT molecular complexity index is 877. The van der Waals surface area contributed by atoms with Crippen molar-refractivity contribution in [1.29, 1.82) is 0 Å². The van der Waals surface area contributed by atoms with Gasteiger partial charge in [0.1, 0.15) is 16.6 Å². The van der Waals surface area contributed by atoms with E-state index in [9.17, 15) is 19.2 Å². The molecule has 128 valence electrons. The van der Waals surface area contributed by atoms with Gasteiger partial charge in [0.2, 0.25) is 0 Å². The highest BCUT2D eigenvalue weighted by Gasteiger charge is 2.61. The molecule has 1 fully saturated rings. The molecule has 0 spiro atoms. The standard InChI is InChI=1S/C12H13N5O5S2/c1-16-11(14-6(18)7(19)15-16)24-4-12(13)9(22)17-5(8(20)21)2-3-23-10(12)17/h2,10H,3-4,13H2,1H3,(H,15,19)(H,20,21)/t10-,12?/m0/s1. The first-order valence-electron chi connectivity index (χ1n) is 6.73. The normalized spacial score (nSPS) is 25.8. The Morgan fingerprint density at radius 1 is 1.58 bits per heavy atom. The lowest BCUT2D eigenvalue weighted by atomic mass is 9.90. The highest BCUT2D eigenvalue weighted by Crippen LogP contribution is 2.44. The van der Waals surface area contributed by atoms with Gasteiger partial charge < -0.3 is 10.8 Å². The van der Waals surface area contributed by atoms with Crippen molar-refractivity contribution in [1.82, 2.24) is 19.7 Å². The largest absolute Gasteiger partial charge is 0.477 e. The van der Waals surface area contributed by atoms with Gasteiger partial charge in [0.05, 0.1) is 0 Å². The van der Waals surface area contributed by atoms with E-state index >= 15 is 0 Å². The Kier molecular flexibility index (Phi) is 4.05. The van der Waals surface area contributed by atoms with E-state index in [1.165, 1.54) is 34.5 Å². The maximum atomic E-state index is 12.4. The number of carbonyl (C=O) groups excluding carboxylic acids is 1. The summed E-state index contributed by atoms with van der Waals surface area (Å²) >= 11 is 2.42. The molecule has 2 aliphatic heterocycles. The summed E-state index contributed by atoms with van der Waals surface area (Å²) in [5.41, 5.74) is 3.09. The van der Waals surface area contributed by atoms with Crippen molar-refractivity contribution in [3.63, 3.8) is 0 Å². The molecular formula is C12H13N5O5S2. The molecule has 2 atom stereocenters. The number of aromatic nitrogens is 3. The van der Waals surface area contributed by atoms with E-state index in [0.717, 1.165) is 11.8 Å². The lowest BCUT2D eigenvalue weighted by Crippen LogP contribution is -2.78. The fourth-order valence-electron chi connectivity index (χ4n) is 2.47. The van der Waals surface area contributed by atoms with Gasteiger partial charge in [-0.1, -0.05) is 11.8 Å². The van der Waals surface area contributed by atoms with Crippen molar-refractivity contribution < 1.29 is 14.7 Å². The van der Waals surface area contributed by atoms with E-state index in [1.54, 1.807) is 0 Å². The van der Waals surface area contributed by atoms with Gasteiger partial charge in [-0.05, 0) is 6.08 Å². The van der Waals surface area contributed by atoms with Crippen LogP contribution < -0.4 is 16.9 Å². The molecule has 0 saturated carbocycles. The minimum atomic E-state index is -1.27. The van der Waals surface area contributed by atoms with Crippen LogP contribution in [0.1, 0.15) is 0 Å². The number of carboxylic acid groups (broad SMARTS) is 1. The topological polar surface area (TPSA) is 151 Å². The molecule has 2 aliphatic rings. The van der Waals surface area contributed by atoms with Gasteiger partial charge in [-0.15, -0.1) is 11.8 Å². The zero-order chi connectivity index (χ0) is 17.6. The van der Waals surface area contributed by atoms with Crippen LogP contribution in [0, 0.1) is 0 Å². The molecule has 0 bridgehead atoms. The Labute approximate surface area is 143 Å². The van der Waals surface area contributed by atoms with E-state index in [1.807, 2.05) is 0 Å². The van der Waals surface area contributed by atoms with Gasteiger partial charge in [0.25, 0.3) is 5.91 Å². The first-order chi connectivity index (χ1) is 11.3. The number of carbonyl (C=O) groups is 2. The number of aromatic amines is 1. The van der Waals surface area contributed by atoms with Crippen LogP contribution in [0.25, 0.3) is 0 Å². The van der Waals surface area contributed by atoms with E-state index in [2.05, 4.69) is 10.1 Å². The predicted octanol–water partition coefficient (Wildman–Crippen LogP) is -1.86. The van der Waals surface area contributed by atoms with Crippen LogP contribution in [0.15, 0.2) is 26.5 Å². The summed E-state index contributed by atoms with van der Waals surface area (Å²) in [5.74, 6) is -1.13. The van der Waals surface area contributed by atoms with Crippen molar-refractivity contribution in [2.45, 2.75) is 16.1 Å². The summed E-state index contributed by atoms with van der Waals surface area (Å²) in [4.78, 5) is 50.9. The van der Waals surface area contributed by atoms with Crippen LogP contribution in [0.3, 0.4) is 0 Å². The molecule has 4 N–H and O–H groups in total. The molecule has 1 aromatic rings. The smallest absolute Gasteiger partial charge is 0.352 e. The molecule has 10 nitrogen and oxygen atoms in total. The van der Waals surface area contributed by atoms with E-state index in [4.69, 9.17) is 10.8 Å². The summed E-state index contributed by atoms with van der Waals surface area (Å²) in [6, 6.07) is 0. The number of β-lactam (4-membered cyclic amide) rings is 1. The van der Waals surface area contributed by atoms with Gasteiger partial charge >= 0.3 is 17.1 Å². The van der Waals surface area contributed by atoms with Crippen LogP contribution in [0.4, 0.5) is 0 Å². The Morgan fingerprint density at radius 3 is 2.96 bits per heavy atom. The van der Waals surface area contributed by atoms with Crippen molar-refractivity contribution in [2.75, 3.05) is 11.5 Å². The number of aliphatic carboxylic acids is 1. The zero-order valence-electron chi connectivity index (χ0n) is 12.4. The maximum Gasteiger partial charge on any atom is 0.352 e. The molecule has 1 amide bonds. The average Bonchev–Trinajstić information content (AvgIpc) is 2.55. The van der Waals surface area contributed by atoms with Crippen molar-refractivity contribution in [3.8, 4) is 0 Å². The van der Waals surface area contributed by atoms with Gasteiger partial charge in [0.15, 0.2) is 5.16 Å². The number of thioether (sulfide) groups is 2. The molecule has 0 aliphatic carbocycles. The second-order valence-corrected chi connectivity index (χ2v) is 7.34. The SMILES string of the molecule is Cn1[nH]c(=O)c(=O)nc1SCC1(N)C(=O)N2C(C(=O)O)=CCS[C@H]21. The number of H-pyrrole nitrogens is 1. The van der Waals surface area contributed by atoms with Gasteiger partial charge in [-0.25, -0.2) is 4.79 Å². The minimum Gasteiger partial charge on any atom is -0.477 e. The Hall–Kier alpha value is -2.05. The van der Waals surface area contributed by atoms with E-state index in [0.29, 0.717) is 5.75 Å². The average molecular weight is 371 g/mol.